The quantitative estimate of drug-likeness (QED) is 0.829. The molecule has 1 atom stereocenters. The Kier molecular flexibility index (Phi) is 5.50. The SMILES string of the molecule is [O-][S+](CCCO)N1CCC(c2ccccc2)CC1. The minimum absolute atomic E-state index is 0.131. The van der Waals surface area contributed by atoms with Crippen LogP contribution in [0.25, 0.3) is 0 Å². The molecule has 1 aromatic rings. The van der Waals surface area contributed by atoms with Gasteiger partial charge in [0.05, 0.1) is 0 Å². The van der Waals surface area contributed by atoms with Crippen molar-refractivity contribution in [2.45, 2.75) is 25.2 Å². The molecule has 1 unspecified atom stereocenters. The molecule has 1 saturated heterocycles. The number of rotatable bonds is 5. The molecule has 0 bridgehead atoms. The van der Waals surface area contributed by atoms with Gasteiger partial charge in [-0.3, -0.25) is 0 Å². The van der Waals surface area contributed by atoms with E-state index in [2.05, 4.69) is 28.6 Å². The number of piperidine rings is 1. The van der Waals surface area contributed by atoms with Gasteiger partial charge in [-0.05, 0) is 24.3 Å². The highest BCUT2D eigenvalue weighted by atomic mass is 32.2. The second-order valence-corrected chi connectivity index (χ2v) is 6.28. The van der Waals surface area contributed by atoms with Gasteiger partial charge in [0.25, 0.3) is 0 Å². The lowest BCUT2D eigenvalue weighted by Gasteiger charge is -2.32. The summed E-state index contributed by atoms with van der Waals surface area (Å²) in [6, 6.07) is 10.6. The Morgan fingerprint density at radius 2 is 1.89 bits per heavy atom. The molecule has 1 aromatic carbocycles. The zero-order valence-corrected chi connectivity index (χ0v) is 11.4. The van der Waals surface area contributed by atoms with Crippen LogP contribution in [0.5, 0.6) is 0 Å². The summed E-state index contributed by atoms with van der Waals surface area (Å²) in [7, 11) is 0. The normalized spacial score (nSPS) is 19.9. The van der Waals surface area contributed by atoms with Crippen LogP contribution >= 0.6 is 0 Å². The van der Waals surface area contributed by atoms with Crippen LogP contribution in [-0.2, 0) is 11.4 Å². The van der Waals surface area contributed by atoms with E-state index in [0.717, 1.165) is 25.9 Å². The monoisotopic (exact) mass is 267 g/mol. The summed E-state index contributed by atoms with van der Waals surface area (Å²) in [5, 5.41) is 8.75. The highest BCUT2D eigenvalue weighted by Gasteiger charge is 2.27. The second-order valence-electron chi connectivity index (χ2n) is 4.72. The Hall–Kier alpha value is -0.550. The molecule has 3 nitrogen and oxygen atoms in total. The first kappa shape index (κ1) is 13.9. The summed E-state index contributed by atoms with van der Waals surface area (Å²) in [4.78, 5) is 0. The van der Waals surface area contributed by atoms with E-state index in [-0.39, 0.29) is 6.61 Å². The molecule has 0 aromatic heterocycles. The summed E-state index contributed by atoms with van der Waals surface area (Å²) in [5.41, 5.74) is 1.40. The fourth-order valence-electron chi connectivity index (χ4n) is 2.44. The van der Waals surface area contributed by atoms with Crippen LogP contribution in [0.3, 0.4) is 0 Å². The summed E-state index contributed by atoms with van der Waals surface area (Å²) >= 11 is -0.904. The molecule has 1 N–H and O–H groups in total. The second kappa shape index (κ2) is 7.14. The van der Waals surface area contributed by atoms with Crippen molar-refractivity contribution in [2.24, 2.45) is 0 Å². The zero-order valence-electron chi connectivity index (χ0n) is 10.6. The van der Waals surface area contributed by atoms with E-state index in [1.165, 1.54) is 5.56 Å². The van der Waals surface area contributed by atoms with E-state index in [1.807, 2.05) is 6.07 Å². The van der Waals surface area contributed by atoms with E-state index in [9.17, 15) is 4.55 Å². The van der Waals surface area contributed by atoms with E-state index in [1.54, 1.807) is 0 Å². The van der Waals surface area contributed by atoms with E-state index in [4.69, 9.17) is 5.11 Å². The summed E-state index contributed by atoms with van der Waals surface area (Å²) < 4.78 is 14.0. The van der Waals surface area contributed by atoms with Crippen LogP contribution in [0.15, 0.2) is 30.3 Å². The number of aliphatic hydroxyl groups excluding tert-OH is 1. The number of hydrogen-bond donors (Lipinski definition) is 1. The van der Waals surface area contributed by atoms with Crippen molar-refractivity contribution in [1.29, 1.82) is 0 Å². The highest BCUT2D eigenvalue weighted by molar-refractivity contribution is 7.89. The van der Waals surface area contributed by atoms with Crippen LogP contribution in [-0.4, -0.2) is 39.4 Å². The van der Waals surface area contributed by atoms with Crippen molar-refractivity contribution in [1.82, 2.24) is 4.31 Å². The number of benzene rings is 1. The van der Waals surface area contributed by atoms with Crippen LogP contribution in [0.1, 0.15) is 30.7 Å². The molecule has 18 heavy (non-hydrogen) atoms. The van der Waals surface area contributed by atoms with Crippen LogP contribution in [0, 0.1) is 0 Å². The molecular formula is C14H21NO2S. The van der Waals surface area contributed by atoms with E-state index in [0.29, 0.717) is 18.1 Å². The lowest BCUT2D eigenvalue weighted by Crippen LogP contribution is -2.39. The molecule has 1 aliphatic heterocycles. The van der Waals surface area contributed by atoms with Gasteiger partial charge < -0.3 is 9.66 Å². The predicted octanol–water partition coefficient (Wildman–Crippen LogP) is 1.91. The maximum Gasteiger partial charge on any atom is 0.128 e. The molecule has 1 fully saturated rings. The molecule has 100 valence electrons. The third kappa shape index (κ3) is 3.72. The van der Waals surface area contributed by atoms with Gasteiger partial charge >= 0.3 is 0 Å². The van der Waals surface area contributed by atoms with Gasteiger partial charge in [-0.15, -0.1) is 4.31 Å². The standard InChI is InChI=1S/C14H21NO2S/c16-11-4-12-18(17)15-9-7-14(8-10-15)13-5-2-1-3-6-13/h1-3,5-6,14,16H,4,7-12H2. The van der Waals surface area contributed by atoms with Gasteiger partial charge in [-0.1, -0.05) is 30.3 Å². The first-order chi connectivity index (χ1) is 8.81. The van der Waals surface area contributed by atoms with Gasteiger partial charge in [0.15, 0.2) is 0 Å². The Morgan fingerprint density at radius 3 is 2.50 bits per heavy atom. The van der Waals surface area contributed by atoms with Crippen molar-refractivity contribution in [2.75, 3.05) is 25.4 Å². The number of aliphatic hydroxyl groups is 1. The summed E-state index contributed by atoms with van der Waals surface area (Å²) in [5.74, 6) is 1.20. The lowest BCUT2D eigenvalue weighted by atomic mass is 9.90. The maximum absolute atomic E-state index is 11.9. The Bertz CT molecular complexity index is 339. The molecule has 0 amide bonds. The zero-order chi connectivity index (χ0) is 12.8. The van der Waals surface area contributed by atoms with Crippen molar-refractivity contribution < 1.29 is 9.66 Å². The van der Waals surface area contributed by atoms with Gasteiger partial charge in [0, 0.05) is 37.5 Å². The smallest absolute Gasteiger partial charge is 0.128 e. The third-order valence-corrected chi connectivity index (χ3v) is 5.07. The fourth-order valence-corrected chi connectivity index (χ4v) is 3.69. The van der Waals surface area contributed by atoms with E-state index < -0.39 is 11.4 Å². The van der Waals surface area contributed by atoms with Crippen molar-refractivity contribution in [3.63, 3.8) is 0 Å². The number of nitrogens with zero attached hydrogens (tertiary/aromatic N) is 1. The molecule has 4 heteroatoms. The first-order valence-corrected chi connectivity index (χ1v) is 7.88. The Labute approximate surface area is 112 Å². The fraction of sp³-hybridized carbons (Fsp3) is 0.571. The van der Waals surface area contributed by atoms with Gasteiger partial charge in [-0.25, -0.2) is 0 Å². The van der Waals surface area contributed by atoms with E-state index >= 15 is 0 Å². The van der Waals surface area contributed by atoms with Gasteiger partial charge in [0.2, 0.25) is 0 Å². The largest absolute Gasteiger partial charge is 0.598 e. The summed E-state index contributed by atoms with van der Waals surface area (Å²) in [6.45, 7) is 1.93. The maximum atomic E-state index is 11.9. The average Bonchev–Trinajstić information content (AvgIpc) is 2.46. The molecular weight excluding hydrogens is 246 g/mol. The number of hydrogen-bond acceptors (Lipinski definition) is 3. The average molecular weight is 267 g/mol. The van der Waals surface area contributed by atoms with Crippen LogP contribution in [0.4, 0.5) is 0 Å². The van der Waals surface area contributed by atoms with Crippen molar-refractivity contribution >= 4 is 11.4 Å². The summed E-state index contributed by atoms with van der Waals surface area (Å²) in [6.07, 6.45) is 2.79. The molecule has 1 heterocycles. The molecule has 0 radical (unpaired) electrons. The molecule has 0 saturated carbocycles. The topological polar surface area (TPSA) is 46.5 Å². The lowest BCUT2D eigenvalue weighted by molar-refractivity contribution is 0.290. The van der Waals surface area contributed by atoms with Gasteiger partial charge in [0.1, 0.15) is 5.75 Å². The van der Waals surface area contributed by atoms with Gasteiger partial charge in [-0.2, -0.15) is 0 Å². The van der Waals surface area contributed by atoms with Crippen molar-refractivity contribution in [3.8, 4) is 0 Å². The third-order valence-electron chi connectivity index (χ3n) is 3.49. The Balaban J connectivity index is 1.81. The van der Waals surface area contributed by atoms with Crippen molar-refractivity contribution in [3.05, 3.63) is 35.9 Å². The molecule has 0 spiro atoms. The minimum Gasteiger partial charge on any atom is -0.598 e. The predicted molar refractivity (Wildman–Crippen MR) is 74.7 cm³/mol. The first-order valence-electron chi connectivity index (χ1n) is 6.60. The molecule has 2 rings (SSSR count). The Morgan fingerprint density at radius 1 is 1.22 bits per heavy atom. The van der Waals surface area contributed by atoms with Crippen LogP contribution < -0.4 is 0 Å². The van der Waals surface area contributed by atoms with Crippen LogP contribution in [0.2, 0.25) is 0 Å². The molecule has 0 aliphatic carbocycles. The molecule has 1 aliphatic rings. The minimum atomic E-state index is -0.904. The highest BCUT2D eigenvalue weighted by Crippen LogP contribution is 2.28.